The second kappa shape index (κ2) is 7.48. The van der Waals surface area contributed by atoms with Crippen LogP contribution in [0.4, 0.5) is 0 Å². The van der Waals surface area contributed by atoms with Gasteiger partial charge >= 0.3 is 0 Å². The first-order valence-corrected chi connectivity index (χ1v) is 8.72. The van der Waals surface area contributed by atoms with Crippen LogP contribution in [0.1, 0.15) is 16.4 Å². The molecule has 0 aliphatic heterocycles. The quantitative estimate of drug-likeness (QED) is 0.660. The van der Waals surface area contributed by atoms with Crippen LogP contribution in [0, 0.1) is 6.92 Å². The highest BCUT2D eigenvalue weighted by Gasteiger charge is 2.26. The normalized spacial score (nSPS) is 12.0. The highest BCUT2D eigenvalue weighted by atomic mass is 32.2. The number of amides is 1. The molecule has 2 aromatic carbocycles. The summed E-state index contributed by atoms with van der Waals surface area (Å²) in [5.74, 6) is -0.00464. The Morgan fingerprint density at radius 3 is 2.56 bits per heavy atom. The first-order valence-electron chi connectivity index (χ1n) is 7.84. The van der Waals surface area contributed by atoms with Gasteiger partial charge in [-0.15, -0.1) is 5.10 Å². The van der Waals surface area contributed by atoms with E-state index in [1.165, 1.54) is 11.8 Å². The molecule has 3 aromatic rings. The molecule has 7 heteroatoms. The van der Waals surface area contributed by atoms with Crippen molar-refractivity contribution in [3.8, 4) is 5.69 Å². The Morgan fingerprint density at radius 1 is 1.12 bits per heavy atom. The average molecular weight is 353 g/mol. The standard InChI is InChI=1S/C18H19N5OS/c1-13-8-7-11-15(12-13)23-18(19-20-21-23)25-16(17(24)22(2)3)14-9-5-4-6-10-14/h4-12,16H,1-3H3. The van der Waals surface area contributed by atoms with Crippen molar-refractivity contribution in [2.24, 2.45) is 0 Å². The smallest absolute Gasteiger partial charge is 0.240 e. The van der Waals surface area contributed by atoms with Gasteiger partial charge in [0.25, 0.3) is 0 Å². The van der Waals surface area contributed by atoms with Crippen LogP contribution in [0.2, 0.25) is 0 Å². The number of hydrogen-bond acceptors (Lipinski definition) is 5. The number of hydrogen-bond donors (Lipinski definition) is 0. The molecule has 1 amide bonds. The molecule has 0 saturated carbocycles. The second-order valence-electron chi connectivity index (χ2n) is 5.85. The van der Waals surface area contributed by atoms with E-state index >= 15 is 0 Å². The topological polar surface area (TPSA) is 63.9 Å². The van der Waals surface area contributed by atoms with E-state index in [0.717, 1.165) is 16.8 Å². The molecule has 0 saturated heterocycles. The summed E-state index contributed by atoms with van der Waals surface area (Å²) in [4.78, 5) is 14.3. The number of tetrazole rings is 1. The van der Waals surface area contributed by atoms with Gasteiger partial charge in [-0.25, -0.2) is 0 Å². The predicted octanol–water partition coefficient (Wildman–Crippen LogP) is 2.89. The number of carbonyl (C=O) groups is 1. The number of aromatic nitrogens is 4. The van der Waals surface area contributed by atoms with E-state index in [1.807, 2.05) is 61.5 Å². The summed E-state index contributed by atoms with van der Waals surface area (Å²) in [5.41, 5.74) is 2.91. The minimum absolute atomic E-state index is 0.00464. The van der Waals surface area contributed by atoms with Gasteiger partial charge in [-0.1, -0.05) is 54.2 Å². The fourth-order valence-corrected chi connectivity index (χ4v) is 3.54. The van der Waals surface area contributed by atoms with Crippen molar-refractivity contribution in [1.29, 1.82) is 0 Å². The number of aryl methyl sites for hydroxylation is 1. The summed E-state index contributed by atoms with van der Waals surface area (Å²) in [7, 11) is 3.50. The van der Waals surface area contributed by atoms with E-state index < -0.39 is 5.25 Å². The number of rotatable bonds is 5. The average Bonchev–Trinajstić information content (AvgIpc) is 3.08. The van der Waals surface area contributed by atoms with E-state index in [1.54, 1.807) is 23.7 Å². The minimum Gasteiger partial charge on any atom is -0.348 e. The molecule has 6 nitrogen and oxygen atoms in total. The van der Waals surface area contributed by atoms with Crippen LogP contribution >= 0.6 is 11.8 Å². The lowest BCUT2D eigenvalue weighted by molar-refractivity contribution is -0.128. The fourth-order valence-electron chi connectivity index (χ4n) is 2.40. The van der Waals surface area contributed by atoms with E-state index in [2.05, 4.69) is 15.5 Å². The molecule has 1 unspecified atom stereocenters. The van der Waals surface area contributed by atoms with Crippen molar-refractivity contribution in [3.63, 3.8) is 0 Å². The van der Waals surface area contributed by atoms with Gasteiger partial charge in [0, 0.05) is 14.1 Å². The molecule has 0 aliphatic rings. The highest BCUT2D eigenvalue weighted by molar-refractivity contribution is 8.00. The zero-order valence-electron chi connectivity index (χ0n) is 14.3. The molecule has 1 aromatic heterocycles. The number of benzene rings is 2. The van der Waals surface area contributed by atoms with Crippen molar-refractivity contribution in [3.05, 3.63) is 65.7 Å². The number of nitrogens with zero attached hydrogens (tertiary/aromatic N) is 5. The van der Waals surface area contributed by atoms with Crippen LogP contribution in [-0.4, -0.2) is 45.1 Å². The second-order valence-corrected chi connectivity index (χ2v) is 6.93. The molecule has 1 heterocycles. The molecule has 0 aliphatic carbocycles. The maximum atomic E-state index is 12.7. The van der Waals surface area contributed by atoms with Crippen LogP contribution < -0.4 is 0 Å². The third kappa shape index (κ3) is 3.88. The van der Waals surface area contributed by atoms with E-state index in [-0.39, 0.29) is 5.91 Å². The summed E-state index contributed by atoms with van der Waals surface area (Å²) in [5, 5.41) is 12.2. The van der Waals surface area contributed by atoms with Gasteiger partial charge < -0.3 is 4.90 Å². The summed E-state index contributed by atoms with van der Waals surface area (Å²) in [6, 6.07) is 17.6. The largest absolute Gasteiger partial charge is 0.348 e. The van der Waals surface area contributed by atoms with Gasteiger partial charge in [0.2, 0.25) is 11.1 Å². The number of carbonyl (C=O) groups excluding carboxylic acids is 1. The van der Waals surface area contributed by atoms with Gasteiger partial charge in [-0.3, -0.25) is 4.79 Å². The highest BCUT2D eigenvalue weighted by Crippen LogP contribution is 2.35. The molecule has 0 radical (unpaired) electrons. The number of thioether (sulfide) groups is 1. The van der Waals surface area contributed by atoms with Crippen LogP contribution in [0.25, 0.3) is 5.69 Å². The van der Waals surface area contributed by atoms with E-state index in [4.69, 9.17) is 0 Å². The fraction of sp³-hybridized carbons (Fsp3) is 0.222. The molecule has 0 fully saturated rings. The van der Waals surface area contributed by atoms with Crippen molar-refractivity contribution in [2.45, 2.75) is 17.3 Å². The van der Waals surface area contributed by atoms with Crippen molar-refractivity contribution < 1.29 is 4.79 Å². The first kappa shape index (κ1) is 17.2. The van der Waals surface area contributed by atoms with E-state index in [9.17, 15) is 4.79 Å². The predicted molar refractivity (Wildman–Crippen MR) is 97.6 cm³/mol. The summed E-state index contributed by atoms with van der Waals surface area (Å²) in [6.07, 6.45) is 0. The van der Waals surface area contributed by atoms with Gasteiger partial charge in [-0.05, 0) is 40.6 Å². The Kier molecular flexibility index (Phi) is 5.14. The SMILES string of the molecule is Cc1cccc(-n2nnnc2SC(C(=O)N(C)C)c2ccccc2)c1. The lowest BCUT2D eigenvalue weighted by Crippen LogP contribution is -2.27. The molecule has 3 rings (SSSR count). The van der Waals surface area contributed by atoms with Crippen LogP contribution in [-0.2, 0) is 4.79 Å². The van der Waals surface area contributed by atoms with Crippen LogP contribution in [0.3, 0.4) is 0 Å². The zero-order valence-corrected chi connectivity index (χ0v) is 15.1. The third-order valence-corrected chi connectivity index (χ3v) is 4.85. The Morgan fingerprint density at radius 2 is 1.88 bits per heavy atom. The van der Waals surface area contributed by atoms with Gasteiger partial charge in [0.1, 0.15) is 5.25 Å². The maximum Gasteiger partial charge on any atom is 0.240 e. The van der Waals surface area contributed by atoms with E-state index in [0.29, 0.717) is 5.16 Å². The Bertz CT molecular complexity index is 863. The van der Waals surface area contributed by atoms with Gasteiger partial charge in [-0.2, -0.15) is 4.68 Å². The van der Waals surface area contributed by atoms with Crippen LogP contribution in [0.5, 0.6) is 0 Å². The third-order valence-electron chi connectivity index (χ3n) is 3.68. The first-order chi connectivity index (χ1) is 12.1. The lowest BCUT2D eigenvalue weighted by Gasteiger charge is -2.20. The molecule has 0 N–H and O–H groups in total. The molecule has 0 bridgehead atoms. The molecular formula is C18H19N5OS. The zero-order chi connectivity index (χ0) is 17.8. The maximum absolute atomic E-state index is 12.7. The summed E-state index contributed by atoms with van der Waals surface area (Å²) in [6.45, 7) is 2.02. The van der Waals surface area contributed by atoms with Crippen molar-refractivity contribution >= 4 is 17.7 Å². The monoisotopic (exact) mass is 353 g/mol. The van der Waals surface area contributed by atoms with Crippen LogP contribution in [0.15, 0.2) is 59.8 Å². The van der Waals surface area contributed by atoms with Crippen molar-refractivity contribution in [2.75, 3.05) is 14.1 Å². The Hall–Kier alpha value is -2.67. The molecule has 128 valence electrons. The van der Waals surface area contributed by atoms with Gasteiger partial charge in [0.15, 0.2) is 0 Å². The van der Waals surface area contributed by atoms with Gasteiger partial charge in [0.05, 0.1) is 5.69 Å². The molecular weight excluding hydrogens is 334 g/mol. The minimum atomic E-state index is -0.411. The summed E-state index contributed by atoms with van der Waals surface area (Å²) < 4.78 is 1.66. The lowest BCUT2D eigenvalue weighted by atomic mass is 10.1. The van der Waals surface area contributed by atoms with Crippen molar-refractivity contribution in [1.82, 2.24) is 25.1 Å². The Balaban J connectivity index is 1.96. The Labute approximate surface area is 150 Å². The molecule has 25 heavy (non-hydrogen) atoms. The number of likely N-dealkylation sites (N-methyl/N-ethyl adjacent to an activating group) is 1. The molecule has 1 atom stereocenters. The summed E-state index contributed by atoms with van der Waals surface area (Å²) >= 11 is 1.35. The molecule has 0 spiro atoms.